The third kappa shape index (κ3) is 3.77. The van der Waals surface area contributed by atoms with Crippen LogP contribution in [0.15, 0.2) is 36.4 Å². The highest BCUT2D eigenvalue weighted by atomic mass is 16.6. The molecule has 0 aromatic heterocycles. The second-order valence-corrected chi connectivity index (χ2v) is 5.37. The van der Waals surface area contributed by atoms with E-state index in [4.69, 9.17) is 9.47 Å². The van der Waals surface area contributed by atoms with Gasteiger partial charge in [0.2, 0.25) is 0 Å². The summed E-state index contributed by atoms with van der Waals surface area (Å²) in [5, 5.41) is 24.8. The highest BCUT2D eigenvalue weighted by molar-refractivity contribution is 5.65. The number of benzene rings is 2. The standard InChI is InChI=1S/C16H15N3O6/c20-18(21)12-2-3-13(14(10-12)19(22)23)17-6-5-11-1-4-15-16(9-11)25-8-7-24-15/h1-4,9-10,17H,5-8H2. The first-order chi connectivity index (χ1) is 12.0. The Balaban J connectivity index is 1.67. The third-order valence-corrected chi connectivity index (χ3v) is 3.72. The summed E-state index contributed by atoms with van der Waals surface area (Å²) < 4.78 is 11.0. The van der Waals surface area contributed by atoms with Crippen LogP contribution in [0.1, 0.15) is 5.56 Å². The number of nitro groups is 2. The molecule has 25 heavy (non-hydrogen) atoms. The number of hydrogen-bond donors (Lipinski definition) is 1. The molecule has 0 radical (unpaired) electrons. The summed E-state index contributed by atoms with van der Waals surface area (Å²) >= 11 is 0. The lowest BCUT2D eigenvalue weighted by atomic mass is 10.1. The van der Waals surface area contributed by atoms with Gasteiger partial charge in [-0.15, -0.1) is 0 Å². The van der Waals surface area contributed by atoms with Crippen LogP contribution in [0.5, 0.6) is 11.5 Å². The zero-order valence-electron chi connectivity index (χ0n) is 13.1. The lowest BCUT2D eigenvalue weighted by Gasteiger charge is -2.19. The Bertz CT molecular complexity index is 824. The molecule has 1 heterocycles. The molecule has 0 fully saturated rings. The van der Waals surface area contributed by atoms with E-state index in [1.54, 1.807) is 0 Å². The highest BCUT2D eigenvalue weighted by Crippen LogP contribution is 2.31. The fourth-order valence-corrected chi connectivity index (χ4v) is 2.52. The first-order valence-electron chi connectivity index (χ1n) is 7.60. The smallest absolute Gasteiger partial charge is 0.299 e. The van der Waals surface area contributed by atoms with Crippen molar-refractivity contribution in [1.29, 1.82) is 0 Å². The molecule has 9 nitrogen and oxygen atoms in total. The molecule has 0 unspecified atom stereocenters. The molecular formula is C16H15N3O6. The number of hydrogen-bond acceptors (Lipinski definition) is 7. The molecule has 2 aromatic rings. The second-order valence-electron chi connectivity index (χ2n) is 5.37. The summed E-state index contributed by atoms with van der Waals surface area (Å²) in [4.78, 5) is 20.5. The second kappa shape index (κ2) is 7.04. The summed E-state index contributed by atoms with van der Waals surface area (Å²) in [5.41, 5.74) is 0.593. The normalized spacial score (nSPS) is 12.5. The molecular weight excluding hydrogens is 330 g/mol. The molecule has 1 aliphatic heterocycles. The Morgan fingerprint density at radius 3 is 2.44 bits per heavy atom. The molecule has 3 rings (SSSR count). The van der Waals surface area contributed by atoms with E-state index in [2.05, 4.69) is 5.32 Å². The number of nitrogens with zero attached hydrogens (tertiary/aromatic N) is 2. The van der Waals surface area contributed by atoms with Gasteiger partial charge >= 0.3 is 0 Å². The van der Waals surface area contributed by atoms with E-state index in [-0.39, 0.29) is 17.1 Å². The van der Waals surface area contributed by atoms with Gasteiger partial charge in [0.05, 0.1) is 15.9 Å². The quantitative estimate of drug-likeness (QED) is 0.632. The van der Waals surface area contributed by atoms with E-state index >= 15 is 0 Å². The molecule has 0 spiro atoms. The molecule has 1 N–H and O–H groups in total. The molecule has 9 heteroatoms. The van der Waals surface area contributed by atoms with Crippen molar-refractivity contribution in [2.75, 3.05) is 25.1 Å². The van der Waals surface area contributed by atoms with Gasteiger partial charge in [0.25, 0.3) is 11.4 Å². The van der Waals surface area contributed by atoms with Crippen LogP contribution in [0.3, 0.4) is 0 Å². The van der Waals surface area contributed by atoms with E-state index < -0.39 is 9.85 Å². The Hall–Kier alpha value is -3.36. The van der Waals surface area contributed by atoms with E-state index in [0.717, 1.165) is 11.6 Å². The maximum Gasteiger partial charge on any atom is 0.299 e. The molecule has 0 bridgehead atoms. The van der Waals surface area contributed by atoms with E-state index in [0.29, 0.717) is 37.7 Å². The van der Waals surface area contributed by atoms with Crippen molar-refractivity contribution in [3.63, 3.8) is 0 Å². The molecule has 0 saturated carbocycles. The zero-order chi connectivity index (χ0) is 17.8. The largest absolute Gasteiger partial charge is 0.486 e. The number of non-ortho nitro benzene ring substituents is 1. The van der Waals surface area contributed by atoms with Crippen LogP contribution in [-0.2, 0) is 6.42 Å². The van der Waals surface area contributed by atoms with Crippen molar-refractivity contribution in [1.82, 2.24) is 0 Å². The minimum Gasteiger partial charge on any atom is -0.486 e. The number of nitrogens with one attached hydrogen (secondary N) is 1. The first kappa shape index (κ1) is 16.5. The molecule has 0 aliphatic carbocycles. The lowest BCUT2D eigenvalue weighted by Crippen LogP contribution is -2.15. The van der Waals surface area contributed by atoms with Crippen LogP contribution in [0, 0.1) is 20.2 Å². The van der Waals surface area contributed by atoms with Gasteiger partial charge in [-0.1, -0.05) is 6.07 Å². The van der Waals surface area contributed by atoms with Gasteiger partial charge in [-0.05, 0) is 30.2 Å². The van der Waals surface area contributed by atoms with E-state index in [9.17, 15) is 20.2 Å². The predicted molar refractivity (Wildman–Crippen MR) is 89.4 cm³/mol. The van der Waals surface area contributed by atoms with Gasteiger partial charge in [0.15, 0.2) is 11.5 Å². The molecule has 130 valence electrons. The number of rotatable bonds is 6. The predicted octanol–water partition coefficient (Wildman–Crippen LogP) is 2.93. The molecule has 0 saturated heterocycles. The van der Waals surface area contributed by atoms with Crippen LogP contribution in [0.25, 0.3) is 0 Å². The lowest BCUT2D eigenvalue weighted by molar-refractivity contribution is -0.393. The summed E-state index contributed by atoms with van der Waals surface area (Å²) in [6, 6.07) is 9.14. The maximum atomic E-state index is 11.1. The van der Waals surface area contributed by atoms with Gasteiger partial charge < -0.3 is 14.8 Å². The average molecular weight is 345 g/mol. The van der Waals surface area contributed by atoms with Crippen molar-refractivity contribution in [2.45, 2.75) is 6.42 Å². The zero-order valence-corrected chi connectivity index (χ0v) is 13.1. The number of nitro benzene ring substituents is 2. The van der Waals surface area contributed by atoms with Crippen LogP contribution >= 0.6 is 0 Å². The highest BCUT2D eigenvalue weighted by Gasteiger charge is 2.19. The van der Waals surface area contributed by atoms with Crippen molar-refractivity contribution in [2.24, 2.45) is 0 Å². The maximum absolute atomic E-state index is 11.1. The molecule has 0 atom stereocenters. The first-order valence-corrected chi connectivity index (χ1v) is 7.60. The average Bonchev–Trinajstić information content (AvgIpc) is 2.61. The Morgan fingerprint density at radius 2 is 1.72 bits per heavy atom. The monoisotopic (exact) mass is 345 g/mol. The van der Waals surface area contributed by atoms with E-state index in [1.165, 1.54) is 12.1 Å². The van der Waals surface area contributed by atoms with Gasteiger partial charge in [0.1, 0.15) is 18.9 Å². The van der Waals surface area contributed by atoms with Crippen LogP contribution in [0.2, 0.25) is 0 Å². The molecule has 0 amide bonds. The third-order valence-electron chi connectivity index (χ3n) is 3.72. The summed E-state index contributed by atoms with van der Waals surface area (Å²) in [6.07, 6.45) is 0.602. The van der Waals surface area contributed by atoms with Crippen molar-refractivity contribution >= 4 is 17.1 Å². The SMILES string of the molecule is O=[N+]([O-])c1ccc(NCCc2ccc3c(c2)OCCO3)c([N+](=O)[O-])c1. The van der Waals surface area contributed by atoms with Crippen LogP contribution in [0.4, 0.5) is 17.1 Å². The molecule has 2 aromatic carbocycles. The summed E-state index contributed by atoms with van der Waals surface area (Å²) in [6.45, 7) is 1.46. The molecule has 1 aliphatic rings. The Labute approximate surface area is 142 Å². The number of anilines is 1. The topological polar surface area (TPSA) is 117 Å². The minimum atomic E-state index is -0.661. The number of ether oxygens (including phenoxy) is 2. The van der Waals surface area contributed by atoms with Gasteiger partial charge in [-0.2, -0.15) is 0 Å². The Kier molecular flexibility index (Phi) is 4.64. The summed E-state index contributed by atoms with van der Waals surface area (Å²) in [7, 11) is 0. The van der Waals surface area contributed by atoms with Gasteiger partial charge in [-0.25, -0.2) is 0 Å². The van der Waals surface area contributed by atoms with E-state index in [1.807, 2.05) is 18.2 Å². The van der Waals surface area contributed by atoms with Crippen molar-refractivity contribution in [3.05, 3.63) is 62.2 Å². The fraction of sp³-hybridized carbons (Fsp3) is 0.250. The summed E-state index contributed by atoms with van der Waals surface area (Å²) in [5.74, 6) is 1.39. The van der Waals surface area contributed by atoms with Crippen molar-refractivity contribution < 1.29 is 19.3 Å². The van der Waals surface area contributed by atoms with Gasteiger partial charge in [0, 0.05) is 12.6 Å². The minimum absolute atomic E-state index is 0.244. The Morgan fingerprint density at radius 1 is 0.960 bits per heavy atom. The van der Waals surface area contributed by atoms with Crippen LogP contribution < -0.4 is 14.8 Å². The van der Waals surface area contributed by atoms with Gasteiger partial charge in [-0.3, -0.25) is 20.2 Å². The van der Waals surface area contributed by atoms with Crippen molar-refractivity contribution in [3.8, 4) is 11.5 Å². The van der Waals surface area contributed by atoms with Crippen LogP contribution in [-0.4, -0.2) is 29.6 Å². The number of fused-ring (bicyclic) bond motifs is 1. The fourth-order valence-electron chi connectivity index (χ4n) is 2.52.